The maximum Gasteiger partial charge on any atom is 0.242 e. The lowest BCUT2D eigenvalue weighted by atomic mass is 9.86. The van der Waals surface area contributed by atoms with Gasteiger partial charge in [0.15, 0.2) is 0 Å². The standard InChI is InChI=1S/C27H36Cl2N2O2/c1-6-17-30-26(33)24(7-2)31(18-21-22(28)9-8-10-23(21)29)25(32)16-13-19-11-14-20(15-12-19)27(3,4)5/h8-12,14-15,24H,6-7,13,16-18H2,1-5H3,(H,30,33)/t24-/m1/s1. The van der Waals surface area contributed by atoms with Crippen molar-refractivity contribution in [1.82, 2.24) is 10.2 Å². The van der Waals surface area contributed by atoms with E-state index in [1.807, 2.05) is 13.8 Å². The summed E-state index contributed by atoms with van der Waals surface area (Å²) in [4.78, 5) is 27.9. The van der Waals surface area contributed by atoms with E-state index in [4.69, 9.17) is 23.2 Å². The van der Waals surface area contributed by atoms with Crippen LogP contribution in [0.3, 0.4) is 0 Å². The van der Waals surface area contributed by atoms with Gasteiger partial charge in [-0.25, -0.2) is 0 Å². The summed E-state index contributed by atoms with van der Waals surface area (Å²) in [6, 6.07) is 13.1. The molecule has 0 aliphatic heterocycles. The second kappa shape index (κ2) is 12.4. The summed E-state index contributed by atoms with van der Waals surface area (Å²) in [5.74, 6) is -0.241. The van der Waals surface area contributed by atoms with E-state index in [9.17, 15) is 9.59 Å². The van der Waals surface area contributed by atoms with Gasteiger partial charge in [-0.2, -0.15) is 0 Å². The Labute approximate surface area is 208 Å². The molecule has 0 radical (unpaired) electrons. The Morgan fingerprint density at radius 3 is 2.12 bits per heavy atom. The molecule has 0 saturated carbocycles. The first-order valence-corrected chi connectivity index (χ1v) is 12.4. The fourth-order valence-corrected chi connectivity index (χ4v) is 4.22. The van der Waals surface area contributed by atoms with Crippen molar-refractivity contribution in [3.8, 4) is 0 Å². The molecule has 0 bridgehead atoms. The fourth-order valence-electron chi connectivity index (χ4n) is 3.71. The quantitative estimate of drug-likeness (QED) is 0.409. The van der Waals surface area contributed by atoms with Crippen molar-refractivity contribution < 1.29 is 9.59 Å². The lowest BCUT2D eigenvalue weighted by Gasteiger charge is -2.31. The molecule has 2 rings (SSSR count). The second-order valence-corrected chi connectivity index (χ2v) is 10.2. The largest absolute Gasteiger partial charge is 0.354 e. The molecule has 0 aliphatic carbocycles. The van der Waals surface area contributed by atoms with Crippen molar-refractivity contribution in [1.29, 1.82) is 0 Å². The first-order chi connectivity index (χ1) is 15.6. The fraction of sp³-hybridized carbons (Fsp3) is 0.481. The van der Waals surface area contributed by atoms with Crippen LogP contribution in [-0.4, -0.2) is 29.3 Å². The van der Waals surface area contributed by atoms with Gasteiger partial charge in [-0.1, -0.05) is 88.2 Å². The Hall–Kier alpha value is -2.04. The minimum atomic E-state index is -0.584. The molecule has 0 unspecified atom stereocenters. The van der Waals surface area contributed by atoms with Crippen molar-refractivity contribution >= 4 is 35.0 Å². The van der Waals surface area contributed by atoms with Gasteiger partial charge in [0, 0.05) is 35.1 Å². The van der Waals surface area contributed by atoms with Gasteiger partial charge in [0.1, 0.15) is 6.04 Å². The zero-order valence-electron chi connectivity index (χ0n) is 20.4. The van der Waals surface area contributed by atoms with Crippen molar-refractivity contribution in [3.05, 3.63) is 69.2 Å². The molecule has 6 heteroatoms. The molecule has 0 aliphatic rings. The van der Waals surface area contributed by atoms with Crippen molar-refractivity contribution in [2.75, 3.05) is 6.54 Å². The van der Waals surface area contributed by atoms with E-state index in [1.54, 1.807) is 23.1 Å². The molecule has 180 valence electrons. The molecule has 2 amide bonds. The first kappa shape index (κ1) is 27.2. The molecule has 0 saturated heterocycles. The zero-order chi connectivity index (χ0) is 24.6. The SMILES string of the molecule is CCCNC(=O)[C@@H](CC)N(Cc1c(Cl)cccc1Cl)C(=O)CCc1ccc(C(C)(C)C)cc1. The predicted molar refractivity (Wildman–Crippen MR) is 138 cm³/mol. The minimum Gasteiger partial charge on any atom is -0.354 e. The molecule has 0 heterocycles. The maximum absolute atomic E-state index is 13.4. The highest BCUT2D eigenvalue weighted by Crippen LogP contribution is 2.28. The smallest absolute Gasteiger partial charge is 0.242 e. The van der Waals surface area contributed by atoms with E-state index in [1.165, 1.54) is 5.56 Å². The summed E-state index contributed by atoms with van der Waals surface area (Å²) < 4.78 is 0. The monoisotopic (exact) mass is 490 g/mol. The Morgan fingerprint density at radius 1 is 1.00 bits per heavy atom. The Morgan fingerprint density at radius 2 is 1.61 bits per heavy atom. The van der Waals surface area contributed by atoms with Crippen molar-refractivity contribution in [2.45, 2.75) is 78.3 Å². The van der Waals surface area contributed by atoms with Gasteiger partial charge >= 0.3 is 0 Å². The van der Waals surface area contributed by atoms with Gasteiger partial charge in [0.05, 0.1) is 0 Å². The summed E-state index contributed by atoms with van der Waals surface area (Å²) in [6.07, 6.45) is 2.23. The lowest BCUT2D eigenvalue weighted by molar-refractivity contribution is -0.141. The average molecular weight is 492 g/mol. The Balaban J connectivity index is 2.24. The summed E-state index contributed by atoms with van der Waals surface area (Å²) in [5.41, 5.74) is 3.09. The van der Waals surface area contributed by atoms with Gasteiger partial charge in [0.2, 0.25) is 11.8 Å². The Bertz CT molecular complexity index is 916. The minimum absolute atomic E-state index is 0.0829. The molecule has 1 atom stereocenters. The molecule has 0 spiro atoms. The van der Waals surface area contributed by atoms with Crippen LogP contribution in [0.4, 0.5) is 0 Å². The van der Waals surface area contributed by atoms with E-state index < -0.39 is 6.04 Å². The average Bonchev–Trinajstić information content (AvgIpc) is 2.77. The summed E-state index contributed by atoms with van der Waals surface area (Å²) >= 11 is 12.8. The summed E-state index contributed by atoms with van der Waals surface area (Å²) in [6.45, 7) is 11.2. The molecule has 2 aromatic carbocycles. The zero-order valence-corrected chi connectivity index (χ0v) is 21.9. The number of amides is 2. The number of rotatable bonds is 10. The molecule has 33 heavy (non-hydrogen) atoms. The highest BCUT2D eigenvalue weighted by atomic mass is 35.5. The molecule has 4 nitrogen and oxygen atoms in total. The molecule has 0 fully saturated rings. The number of hydrogen-bond donors (Lipinski definition) is 1. The van der Waals surface area contributed by atoms with Crippen LogP contribution in [0.1, 0.15) is 70.6 Å². The second-order valence-electron chi connectivity index (χ2n) is 9.38. The van der Waals surface area contributed by atoms with Crippen LogP contribution in [0, 0.1) is 0 Å². The third-order valence-corrected chi connectivity index (χ3v) is 6.48. The van der Waals surface area contributed by atoms with Crippen LogP contribution in [0.5, 0.6) is 0 Å². The van der Waals surface area contributed by atoms with E-state index >= 15 is 0 Å². The number of carbonyl (C=O) groups excluding carboxylic acids is 2. The van der Waals surface area contributed by atoms with Crippen LogP contribution in [-0.2, 0) is 28.0 Å². The maximum atomic E-state index is 13.4. The highest BCUT2D eigenvalue weighted by molar-refractivity contribution is 6.36. The van der Waals surface area contributed by atoms with Crippen LogP contribution in [0.15, 0.2) is 42.5 Å². The van der Waals surface area contributed by atoms with Crippen LogP contribution >= 0.6 is 23.2 Å². The van der Waals surface area contributed by atoms with Crippen LogP contribution < -0.4 is 5.32 Å². The number of nitrogens with zero attached hydrogens (tertiary/aromatic N) is 1. The third-order valence-electron chi connectivity index (χ3n) is 5.77. The number of benzene rings is 2. The summed E-state index contributed by atoms with van der Waals surface area (Å²) in [7, 11) is 0. The van der Waals surface area contributed by atoms with Crippen molar-refractivity contribution in [2.24, 2.45) is 0 Å². The van der Waals surface area contributed by atoms with Crippen LogP contribution in [0.25, 0.3) is 0 Å². The molecule has 1 N–H and O–H groups in total. The van der Waals surface area contributed by atoms with E-state index in [0.717, 1.165) is 12.0 Å². The summed E-state index contributed by atoms with van der Waals surface area (Å²) in [5, 5.41) is 3.90. The number of carbonyl (C=O) groups is 2. The van der Waals surface area contributed by atoms with Crippen molar-refractivity contribution in [3.63, 3.8) is 0 Å². The number of halogens is 2. The van der Waals surface area contributed by atoms with E-state index in [-0.39, 0.29) is 23.8 Å². The van der Waals surface area contributed by atoms with Crippen LogP contribution in [0.2, 0.25) is 10.0 Å². The molecule has 0 aromatic heterocycles. The predicted octanol–water partition coefficient (Wildman–Crippen LogP) is 6.56. The van der Waals surface area contributed by atoms with Gasteiger partial charge in [-0.05, 0) is 47.9 Å². The number of hydrogen-bond acceptors (Lipinski definition) is 2. The third kappa shape index (κ3) is 7.75. The number of aryl methyl sites for hydroxylation is 1. The van der Waals surface area contributed by atoms with Gasteiger partial charge in [-0.3, -0.25) is 9.59 Å². The molecule has 2 aromatic rings. The van der Waals surface area contributed by atoms with E-state index in [0.29, 0.717) is 41.4 Å². The normalized spacial score (nSPS) is 12.3. The number of nitrogens with one attached hydrogen (secondary N) is 1. The van der Waals surface area contributed by atoms with Gasteiger partial charge in [-0.15, -0.1) is 0 Å². The Kier molecular flexibility index (Phi) is 10.2. The van der Waals surface area contributed by atoms with Gasteiger partial charge in [0.25, 0.3) is 0 Å². The lowest BCUT2D eigenvalue weighted by Crippen LogP contribution is -2.49. The van der Waals surface area contributed by atoms with E-state index in [2.05, 4.69) is 50.4 Å². The molecular weight excluding hydrogens is 455 g/mol. The first-order valence-electron chi connectivity index (χ1n) is 11.7. The topological polar surface area (TPSA) is 49.4 Å². The highest BCUT2D eigenvalue weighted by Gasteiger charge is 2.29. The molecular formula is C27H36Cl2N2O2. The van der Waals surface area contributed by atoms with Gasteiger partial charge < -0.3 is 10.2 Å².